The van der Waals surface area contributed by atoms with Gasteiger partial charge in [-0.1, -0.05) is 25.2 Å². The van der Waals surface area contributed by atoms with Crippen LogP contribution in [0.15, 0.2) is 18.2 Å². The van der Waals surface area contributed by atoms with Gasteiger partial charge in [0.15, 0.2) is 5.82 Å². The Kier molecular flexibility index (Phi) is 3.83. The highest BCUT2D eigenvalue weighted by Crippen LogP contribution is 2.16. The minimum atomic E-state index is 0.878. The number of rotatable bonds is 3. The molecule has 1 rings (SSSR count). The van der Waals surface area contributed by atoms with Crippen LogP contribution >= 0.6 is 11.5 Å². The average molecular weight is 194 g/mol. The summed E-state index contributed by atoms with van der Waals surface area (Å²) in [4.78, 5) is 4.34. The molecule has 0 fully saturated rings. The lowest BCUT2D eigenvalue weighted by molar-refractivity contribution is 1.13. The van der Waals surface area contributed by atoms with Crippen molar-refractivity contribution in [3.63, 3.8) is 0 Å². The van der Waals surface area contributed by atoms with Crippen molar-refractivity contribution < 1.29 is 0 Å². The summed E-state index contributed by atoms with van der Waals surface area (Å²) in [5.41, 5.74) is 1.20. The van der Waals surface area contributed by atoms with E-state index in [1.807, 2.05) is 26.0 Å². The molecule has 0 spiro atoms. The van der Waals surface area contributed by atoms with Gasteiger partial charge < -0.3 is 0 Å². The molecule has 0 N–H and O–H groups in total. The van der Waals surface area contributed by atoms with Gasteiger partial charge in [-0.3, -0.25) is 0 Å². The van der Waals surface area contributed by atoms with Crippen LogP contribution in [0.4, 0.5) is 0 Å². The Morgan fingerprint density at radius 3 is 2.77 bits per heavy atom. The lowest BCUT2D eigenvalue weighted by Crippen LogP contribution is -1.85. The standard InChI is InChI=1S/C10H14N2S/c1-4-6-7-9(5-2)10-11-8(3)13-12-10/h4,6-7H,5H2,1-3H3/b6-4-,9-7+. The fraction of sp³-hybridized carbons (Fsp3) is 0.400. The molecule has 0 aliphatic rings. The number of aryl methyl sites for hydroxylation is 1. The lowest BCUT2D eigenvalue weighted by atomic mass is 10.2. The number of allylic oxidation sites excluding steroid dienone is 4. The van der Waals surface area contributed by atoms with Crippen LogP contribution in [0.2, 0.25) is 0 Å². The SMILES string of the molecule is C/C=C\C=C(/CC)c1nsc(C)n1. The van der Waals surface area contributed by atoms with Crippen molar-refractivity contribution in [1.82, 2.24) is 9.36 Å². The summed E-state index contributed by atoms with van der Waals surface area (Å²) in [5, 5.41) is 1.02. The monoisotopic (exact) mass is 194 g/mol. The molecular formula is C10H14N2S. The molecule has 1 aromatic heterocycles. The van der Waals surface area contributed by atoms with Crippen LogP contribution in [0.3, 0.4) is 0 Å². The quantitative estimate of drug-likeness (QED) is 0.690. The fourth-order valence-electron chi connectivity index (χ4n) is 0.993. The predicted octanol–water partition coefficient (Wildman–Crippen LogP) is 3.22. The summed E-state index contributed by atoms with van der Waals surface area (Å²) >= 11 is 1.46. The number of nitrogens with zero attached hydrogens (tertiary/aromatic N) is 2. The van der Waals surface area contributed by atoms with Crippen molar-refractivity contribution in [3.8, 4) is 0 Å². The molecule has 0 atom stereocenters. The molecule has 3 heteroatoms. The molecule has 0 saturated carbocycles. The highest BCUT2D eigenvalue weighted by molar-refractivity contribution is 7.05. The van der Waals surface area contributed by atoms with Crippen LogP contribution < -0.4 is 0 Å². The Hall–Kier alpha value is -0.960. The average Bonchev–Trinajstić information content (AvgIpc) is 2.54. The molecule has 0 aromatic carbocycles. The van der Waals surface area contributed by atoms with E-state index in [1.165, 1.54) is 17.1 Å². The third kappa shape index (κ3) is 2.77. The van der Waals surface area contributed by atoms with E-state index in [-0.39, 0.29) is 0 Å². The maximum absolute atomic E-state index is 4.34. The zero-order valence-corrected chi connectivity index (χ0v) is 9.06. The summed E-state index contributed by atoms with van der Waals surface area (Å²) in [5.74, 6) is 0.878. The largest absolute Gasteiger partial charge is 0.220 e. The predicted molar refractivity (Wildman–Crippen MR) is 57.7 cm³/mol. The van der Waals surface area contributed by atoms with E-state index in [4.69, 9.17) is 0 Å². The van der Waals surface area contributed by atoms with Gasteiger partial charge >= 0.3 is 0 Å². The van der Waals surface area contributed by atoms with Crippen LogP contribution in [-0.2, 0) is 0 Å². The summed E-state index contributed by atoms with van der Waals surface area (Å²) in [7, 11) is 0. The van der Waals surface area contributed by atoms with E-state index in [0.717, 1.165) is 17.3 Å². The first kappa shape index (κ1) is 10.1. The van der Waals surface area contributed by atoms with Crippen molar-refractivity contribution >= 4 is 17.1 Å². The molecule has 13 heavy (non-hydrogen) atoms. The Bertz CT molecular complexity index is 323. The normalized spacial score (nSPS) is 12.7. The van der Waals surface area contributed by atoms with Gasteiger partial charge in [0.2, 0.25) is 0 Å². The van der Waals surface area contributed by atoms with E-state index >= 15 is 0 Å². The maximum atomic E-state index is 4.34. The zero-order valence-electron chi connectivity index (χ0n) is 8.24. The van der Waals surface area contributed by atoms with Crippen LogP contribution in [0.25, 0.3) is 5.57 Å². The summed E-state index contributed by atoms with van der Waals surface area (Å²) in [6, 6.07) is 0. The van der Waals surface area contributed by atoms with Crippen molar-refractivity contribution in [1.29, 1.82) is 0 Å². The Balaban J connectivity index is 2.90. The molecule has 1 heterocycles. The number of aromatic nitrogens is 2. The molecule has 0 radical (unpaired) electrons. The third-order valence-corrected chi connectivity index (χ3v) is 2.31. The van der Waals surface area contributed by atoms with E-state index in [2.05, 4.69) is 22.4 Å². The van der Waals surface area contributed by atoms with Crippen molar-refractivity contribution in [3.05, 3.63) is 29.1 Å². The molecule has 0 aliphatic carbocycles. The van der Waals surface area contributed by atoms with Crippen LogP contribution in [0.1, 0.15) is 31.1 Å². The highest BCUT2D eigenvalue weighted by atomic mass is 32.1. The van der Waals surface area contributed by atoms with Gasteiger partial charge in [-0.2, -0.15) is 4.37 Å². The van der Waals surface area contributed by atoms with Crippen molar-refractivity contribution in [2.45, 2.75) is 27.2 Å². The zero-order chi connectivity index (χ0) is 9.68. The minimum absolute atomic E-state index is 0.878. The second-order valence-electron chi connectivity index (χ2n) is 2.71. The van der Waals surface area contributed by atoms with Gasteiger partial charge in [0.25, 0.3) is 0 Å². The lowest BCUT2D eigenvalue weighted by Gasteiger charge is -1.95. The van der Waals surface area contributed by atoms with Gasteiger partial charge in [0.1, 0.15) is 5.01 Å². The van der Waals surface area contributed by atoms with Crippen molar-refractivity contribution in [2.24, 2.45) is 0 Å². The van der Waals surface area contributed by atoms with E-state index in [9.17, 15) is 0 Å². The van der Waals surface area contributed by atoms with Crippen LogP contribution in [0, 0.1) is 6.92 Å². The molecule has 70 valence electrons. The van der Waals surface area contributed by atoms with Gasteiger partial charge in [0.05, 0.1) is 0 Å². The Morgan fingerprint density at radius 1 is 1.54 bits per heavy atom. The Morgan fingerprint density at radius 2 is 2.31 bits per heavy atom. The Labute approximate surface area is 83.2 Å². The number of hydrogen-bond acceptors (Lipinski definition) is 3. The van der Waals surface area contributed by atoms with Gasteiger partial charge in [-0.05, 0) is 37.4 Å². The topological polar surface area (TPSA) is 25.8 Å². The maximum Gasteiger partial charge on any atom is 0.168 e. The summed E-state index contributed by atoms with van der Waals surface area (Å²) in [6.07, 6.45) is 7.08. The first-order valence-corrected chi connectivity index (χ1v) is 5.17. The van der Waals surface area contributed by atoms with E-state index in [0.29, 0.717) is 0 Å². The van der Waals surface area contributed by atoms with Gasteiger partial charge in [0, 0.05) is 0 Å². The molecule has 0 saturated heterocycles. The third-order valence-electron chi connectivity index (χ3n) is 1.69. The molecule has 0 bridgehead atoms. The molecule has 0 amide bonds. The van der Waals surface area contributed by atoms with E-state index < -0.39 is 0 Å². The fourth-order valence-corrected chi connectivity index (χ4v) is 1.50. The molecule has 0 aliphatic heterocycles. The number of hydrogen-bond donors (Lipinski definition) is 0. The molecule has 2 nitrogen and oxygen atoms in total. The van der Waals surface area contributed by atoms with E-state index in [1.54, 1.807) is 0 Å². The van der Waals surface area contributed by atoms with Crippen LogP contribution in [-0.4, -0.2) is 9.36 Å². The van der Waals surface area contributed by atoms with Crippen LogP contribution in [0.5, 0.6) is 0 Å². The molecular weight excluding hydrogens is 180 g/mol. The summed E-state index contributed by atoms with van der Waals surface area (Å²) < 4.78 is 4.27. The smallest absolute Gasteiger partial charge is 0.168 e. The first-order chi connectivity index (χ1) is 6.27. The van der Waals surface area contributed by atoms with Gasteiger partial charge in [-0.15, -0.1) is 0 Å². The van der Waals surface area contributed by atoms with Gasteiger partial charge in [-0.25, -0.2) is 4.98 Å². The molecule has 1 aromatic rings. The second-order valence-corrected chi connectivity index (χ2v) is 3.66. The summed E-state index contributed by atoms with van der Waals surface area (Å²) in [6.45, 7) is 6.10. The molecule has 0 unspecified atom stereocenters. The first-order valence-electron chi connectivity index (χ1n) is 4.40. The highest BCUT2D eigenvalue weighted by Gasteiger charge is 2.03. The minimum Gasteiger partial charge on any atom is -0.220 e. The van der Waals surface area contributed by atoms with Crippen molar-refractivity contribution in [2.75, 3.05) is 0 Å². The second kappa shape index (κ2) is 4.92.